The van der Waals surface area contributed by atoms with E-state index in [2.05, 4.69) is 29.9 Å². The summed E-state index contributed by atoms with van der Waals surface area (Å²) in [5, 5.41) is 1.25. The lowest BCUT2D eigenvalue weighted by Gasteiger charge is -2.23. The highest BCUT2D eigenvalue weighted by molar-refractivity contribution is 7.11. The quantitative estimate of drug-likeness (QED) is 0.856. The summed E-state index contributed by atoms with van der Waals surface area (Å²) < 4.78 is 0. The first-order valence-corrected chi connectivity index (χ1v) is 7.63. The van der Waals surface area contributed by atoms with E-state index in [9.17, 15) is 0 Å². The topological polar surface area (TPSA) is 29.0 Å². The molecule has 4 heteroatoms. The summed E-state index contributed by atoms with van der Waals surface area (Å²) in [5.41, 5.74) is 2.61. The zero-order chi connectivity index (χ0) is 13.2. The lowest BCUT2D eigenvalue weighted by atomic mass is 10.1. The number of fused-ring (bicyclic) bond motifs is 1. The first-order valence-electron chi connectivity index (χ1n) is 6.81. The first kappa shape index (κ1) is 12.8. The maximum absolute atomic E-state index is 4.77. The van der Waals surface area contributed by atoms with Crippen molar-refractivity contribution < 1.29 is 0 Å². The van der Waals surface area contributed by atoms with Crippen LogP contribution in [0.3, 0.4) is 0 Å². The Kier molecular flexibility index (Phi) is 3.62. The molecular formula is C15H19N3S. The summed E-state index contributed by atoms with van der Waals surface area (Å²) >= 11 is 1.89. The van der Waals surface area contributed by atoms with Gasteiger partial charge in [-0.25, -0.2) is 4.98 Å². The van der Waals surface area contributed by atoms with E-state index in [1.54, 1.807) is 0 Å². The van der Waals surface area contributed by atoms with Crippen molar-refractivity contribution in [3.8, 4) is 0 Å². The van der Waals surface area contributed by atoms with Crippen molar-refractivity contribution in [3.63, 3.8) is 0 Å². The zero-order valence-electron chi connectivity index (χ0n) is 11.5. The summed E-state index contributed by atoms with van der Waals surface area (Å²) in [6.45, 7) is 3.14. The van der Waals surface area contributed by atoms with Gasteiger partial charge in [-0.1, -0.05) is 6.07 Å². The van der Waals surface area contributed by atoms with Gasteiger partial charge in [0.05, 0.1) is 12.2 Å². The van der Waals surface area contributed by atoms with Crippen LogP contribution in [0, 0.1) is 0 Å². The number of aromatic nitrogens is 2. The van der Waals surface area contributed by atoms with E-state index in [-0.39, 0.29) is 0 Å². The third-order valence-corrected chi connectivity index (χ3v) is 4.99. The number of nitrogens with zero attached hydrogens (tertiary/aromatic N) is 3. The molecule has 0 aromatic carbocycles. The molecule has 1 aliphatic carbocycles. The van der Waals surface area contributed by atoms with Gasteiger partial charge in [-0.2, -0.15) is 0 Å². The molecule has 0 aliphatic heterocycles. The molecule has 0 radical (unpaired) electrons. The highest BCUT2D eigenvalue weighted by Crippen LogP contribution is 2.29. The fourth-order valence-corrected chi connectivity index (χ4v) is 3.76. The number of hydrogen-bond acceptors (Lipinski definition) is 4. The van der Waals surface area contributed by atoms with E-state index in [0.29, 0.717) is 6.04 Å². The molecule has 0 fully saturated rings. The van der Waals surface area contributed by atoms with Crippen LogP contribution < -0.4 is 0 Å². The lowest BCUT2D eigenvalue weighted by molar-refractivity contribution is 0.252. The Morgan fingerprint density at radius 3 is 3.05 bits per heavy atom. The Balaban J connectivity index is 1.69. The molecule has 0 unspecified atom stereocenters. The van der Waals surface area contributed by atoms with Crippen LogP contribution in [0.5, 0.6) is 0 Å². The van der Waals surface area contributed by atoms with Crippen molar-refractivity contribution in [1.82, 2.24) is 14.9 Å². The molecule has 1 aliphatic rings. The van der Waals surface area contributed by atoms with Gasteiger partial charge in [0.25, 0.3) is 0 Å². The van der Waals surface area contributed by atoms with Crippen molar-refractivity contribution in [2.75, 3.05) is 7.05 Å². The molecule has 0 saturated carbocycles. The van der Waals surface area contributed by atoms with Gasteiger partial charge in [-0.3, -0.25) is 9.88 Å². The van der Waals surface area contributed by atoms with Gasteiger partial charge < -0.3 is 0 Å². The Labute approximate surface area is 118 Å². The molecule has 1 atom stereocenters. The number of aryl methyl sites for hydroxylation is 2. The normalized spacial score (nSPS) is 15.7. The molecule has 100 valence electrons. The van der Waals surface area contributed by atoms with E-state index in [1.165, 1.54) is 40.4 Å². The predicted molar refractivity (Wildman–Crippen MR) is 78.3 cm³/mol. The van der Waals surface area contributed by atoms with Crippen LogP contribution in [0.25, 0.3) is 0 Å². The minimum atomic E-state index is 0.368. The minimum Gasteiger partial charge on any atom is -0.293 e. The van der Waals surface area contributed by atoms with Crippen molar-refractivity contribution in [2.45, 2.75) is 38.8 Å². The van der Waals surface area contributed by atoms with Gasteiger partial charge in [-0.15, -0.1) is 11.3 Å². The monoisotopic (exact) mass is 273 g/mol. The second-order valence-electron chi connectivity index (χ2n) is 5.21. The minimum absolute atomic E-state index is 0.368. The summed E-state index contributed by atoms with van der Waals surface area (Å²) in [6, 6.07) is 4.50. The number of rotatable bonds is 4. The number of thiazole rings is 1. The highest BCUT2D eigenvalue weighted by Gasteiger charge is 2.19. The van der Waals surface area contributed by atoms with E-state index < -0.39 is 0 Å². The maximum atomic E-state index is 4.77. The molecule has 3 nitrogen and oxygen atoms in total. The Morgan fingerprint density at radius 2 is 2.32 bits per heavy atom. The van der Waals surface area contributed by atoms with Crippen molar-refractivity contribution in [2.24, 2.45) is 0 Å². The third kappa shape index (κ3) is 2.69. The molecule has 2 aromatic rings. The van der Waals surface area contributed by atoms with Crippen LogP contribution >= 0.6 is 11.3 Å². The van der Waals surface area contributed by atoms with Gasteiger partial charge in [-0.05, 0) is 44.9 Å². The van der Waals surface area contributed by atoms with E-state index in [0.717, 1.165) is 6.54 Å². The number of hydrogen-bond donors (Lipinski definition) is 0. The Morgan fingerprint density at radius 1 is 1.42 bits per heavy atom. The fraction of sp³-hybridized carbons (Fsp3) is 0.467. The van der Waals surface area contributed by atoms with Gasteiger partial charge in [0.15, 0.2) is 0 Å². The molecular weight excluding hydrogens is 254 g/mol. The van der Waals surface area contributed by atoms with Crippen LogP contribution in [0.2, 0.25) is 0 Å². The average molecular weight is 273 g/mol. The molecule has 2 heterocycles. The molecule has 0 saturated heterocycles. The fourth-order valence-electron chi connectivity index (χ4n) is 2.54. The average Bonchev–Trinajstić information content (AvgIpc) is 2.99. The van der Waals surface area contributed by atoms with Crippen LogP contribution in [0.4, 0.5) is 0 Å². The van der Waals surface area contributed by atoms with Crippen molar-refractivity contribution in [1.29, 1.82) is 0 Å². The highest BCUT2D eigenvalue weighted by atomic mass is 32.1. The van der Waals surface area contributed by atoms with Gasteiger partial charge in [0.1, 0.15) is 5.01 Å². The Hall–Kier alpha value is -1.26. The van der Waals surface area contributed by atoms with E-state index in [1.807, 2.05) is 29.8 Å². The zero-order valence-corrected chi connectivity index (χ0v) is 12.3. The van der Waals surface area contributed by atoms with Gasteiger partial charge in [0.2, 0.25) is 0 Å². The third-order valence-electron chi connectivity index (χ3n) is 3.85. The molecule has 0 bridgehead atoms. The lowest BCUT2D eigenvalue weighted by Crippen LogP contribution is -2.22. The summed E-state index contributed by atoms with van der Waals surface area (Å²) in [6.07, 6.45) is 7.46. The first-order chi connectivity index (χ1) is 9.24. The van der Waals surface area contributed by atoms with Crippen LogP contribution in [0.1, 0.15) is 40.5 Å². The molecule has 2 aromatic heterocycles. The van der Waals surface area contributed by atoms with Crippen molar-refractivity contribution in [3.05, 3.63) is 45.7 Å². The van der Waals surface area contributed by atoms with E-state index >= 15 is 0 Å². The SMILES string of the molecule is C[C@@H](c1cccnc1)N(C)Cc1nc2c(s1)CCC2. The van der Waals surface area contributed by atoms with Crippen LogP contribution in [0.15, 0.2) is 24.5 Å². The largest absolute Gasteiger partial charge is 0.293 e. The standard InChI is InChI=1S/C15H19N3S/c1-11(12-5-4-8-16-9-12)18(2)10-15-17-13-6-3-7-14(13)19-15/h4-5,8-9,11H,3,6-7,10H2,1-2H3/t11-/m0/s1. The van der Waals surface area contributed by atoms with Gasteiger partial charge in [0, 0.05) is 23.3 Å². The van der Waals surface area contributed by atoms with Crippen LogP contribution in [-0.2, 0) is 19.4 Å². The molecule has 0 spiro atoms. The molecule has 0 amide bonds. The van der Waals surface area contributed by atoms with Gasteiger partial charge >= 0.3 is 0 Å². The second kappa shape index (κ2) is 5.39. The maximum Gasteiger partial charge on any atom is 0.107 e. The van der Waals surface area contributed by atoms with E-state index in [4.69, 9.17) is 4.98 Å². The smallest absolute Gasteiger partial charge is 0.107 e. The Bertz CT molecular complexity index is 528. The predicted octanol–water partition coefficient (Wildman–Crippen LogP) is 3.22. The van der Waals surface area contributed by atoms with Crippen molar-refractivity contribution >= 4 is 11.3 Å². The molecule has 0 N–H and O–H groups in total. The van der Waals surface area contributed by atoms with Crippen LogP contribution in [-0.4, -0.2) is 21.9 Å². The molecule has 19 heavy (non-hydrogen) atoms. The summed E-state index contributed by atoms with van der Waals surface area (Å²) in [4.78, 5) is 12.8. The summed E-state index contributed by atoms with van der Waals surface area (Å²) in [7, 11) is 2.16. The second-order valence-corrected chi connectivity index (χ2v) is 6.38. The molecule has 3 rings (SSSR count). The number of pyridine rings is 1. The summed E-state index contributed by atoms with van der Waals surface area (Å²) in [5.74, 6) is 0.